The van der Waals surface area contributed by atoms with Gasteiger partial charge in [0.25, 0.3) is 0 Å². The molecule has 6 heterocycles. The van der Waals surface area contributed by atoms with Crippen molar-refractivity contribution in [2.75, 3.05) is 0 Å². The van der Waals surface area contributed by atoms with E-state index >= 15 is 0 Å². The number of benzene rings is 18. The molecule has 0 amide bonds. The molecule has 24 aromatic rings. The molecule has 0 saturated heterocycles. The minimum Gasteiger partial charge on any atom is -0.618 e. The van der Waals surface area contributed by atoms with E-state index in [-0.39, 0.29) is 42.1 Å². The zero-order valence-corrected chi connectivity index (χ0v) is 81.2. The molecular weight excluding hydrogens is 2090 g/mol. The second-order valence-corrected chi connectivity index (χ2v) is 32.4. The van der Waals surface area contributed by atoms with Crippen molar-refractivity contribution < 1.29 is 46.5 Å². The van der Waals surface area contributed by atoms with Gasteiger partial charge in [-0.25, -0.2) is 11.4 Å². The number of imidazole rings is 1. The van der Waals surface area contributed by atoms with Crippen molar-refractivity contribution in [3.05, 3.63) is 559 Å². The van der Waals surface area contributed by atoms with Gasteiger partial charge >= 0.3 is 42.1 Å². The monoisotopic (exact) mass is 2170 g/mol. The van der Waals surface area contributed by atoms with Gasteiger partial charge in [0.1, 0.15) is 11.7 Å². The van der Waals surface area contributed by atoms with Gasteiger partial charge in [0.2, 0.25) is 0 Å². The summed E-state index contributed by atoms with van der Waals surface area (Å²) in [4.78, 5) is 8.92. The second kappa shape index (κ2) is 47.9. The average molecular weight is 2180 g/mol. The number of nitrogens with zero attached hydrogens (tertiary/aromatic N) is 11. The molecular formula is C127H89N11OPt2. The molecule has 18 aromatic carbocycles. The van der Waals surface area contributed by atoms with Crippen LogP contribution in [-0.4, -0.2) is 44.3 Å². The molecule has 141 heavy (non-hydrogen) atoms. The molecule has 0 aliphatic rings. The van der Waals surface area contributed by atoms with Gasteiger partial charge in [-0.05, 0) is 106 Å². The number of rotatable bonds is 18. The van der Waals surface area contributed by atoms with E-state index < -0.39 is 0 Å². The summed E-state index contributed by atoms with van der Waals surface area (Å²) in [5.41, 5.74) is 33.7. The van der Waals surface area contributed by atoms with Crippen molar-refractivity contribution in [1.29, 1.82) is 0 Å². The van der Waals surface area contributed by atoms with Gasteiger partial charge < -0.3 is 29.4 Å². The molecule has 24 rings (SSSR count). The van der Waals surface area contributed by atoms with Crippen molar-refractivity contribution in [3.63, 3.8) is 0 Å². The van der Waals surface area contributed by atoms with Crippen molar-refractivity contribution in [1.82, 2.24) is 54.5 Å². The quantitative estimate of drug-likeness (QED) is 0.0770. The van der Waals surface area contributed by atoms with Gasteiger partial charge in [0.05, 0.1) is 30.1 Å². The van der Waals surface area contributed by atoms with E-state index in [0.29, 0.717) is 5.89 Å². The summed E-state index contributed by atoms with van der Waals surface area (Å²) in [6, 6.07) is 183. The van der Waals surface area contributed by atoms with E-state index in [1.165, 1.54) is 66.8 Å². The SMILES string of the molecule is Cn1c(-c2ccc(-c3ccccc3)cc2)cnc1-c1[c-]cccc1.[Pt+4].[Pt+4].[c-]1ccccc1-c1cc(-c2ccc(-c3ccccc3)cc2)n[n-]1.[c-]1ccccc1-c1cc(-c2ccc(-c3ccccc3)cc2)n[n-]1.[c-]1ccccc1-c1ncc(-c2ccc(-c3ccccc3)cc2)o1.[c-]1ccccc1-n1cc(-c2ccc(-c3ccccc3)cc2)cn1.[c-]1ccccc1-n1cc(-c2ccc(-c3ccccc3)cc2)cn1. The van der Waals surface area contributed by atoms with E-state index in [1.807, 2.05) is 254 Å². The minimum atomic E-state index is 0. The normalized spacial score (nSPS) is 10.5. The molecule has 6 aromatic heterocycles. The van der Waals surface area contributed by atoms with Gasteiger partial charge in [-0.3, -0.25) is 19.3 Å². The number of hydrogen-bond acceptors (Lipinski definition) is 7. The van der Waals surface area contributed by atoms with Gasteiger partial charge in [-0.15, -0.1) is 139 Å². The summed E-state index contributed by atoms with van der Waals surface area (Å²) in [6.45, 7) is 0. The van der Waals surface area contributed by atoms with E-state index in [1.54, 1.807) is 6.20 Å². The first-order valence-corrected chi connectivity index (χ1v) is 45.7. The minimum absolute atomic E-state index is 0. The maximum absolute atomic E-state index is 5.86. The smallest absolute Gasteiger partial charge is 0.618 e. The van der Waals surface area contributed by atoms with Crippen LogP contribution in [0.2, 0.25) is 0 Å². The van der Waals surface area contributed by atoms with Crippen LogP contribution in [0.5, 0.6) is 0 Å². The van der Waals surface area contributed by atoms with Crippen LogP contribution in [0.25, 0.3) is 191 Å². The van der Waals surface area contributed by atoms with Gasteiger partial charge in [0.15, 0.2) is 0 Å². The van der Waals surface area contributed by atoms with Crippen LogP contribution in [0.3, 0.4) is 0 Å². The van der Waals surface area contributed by atoms with Gasteiger partial charge in [0, 0.05) is 53.7 Å². The Labute approximate surface area is 851 Å². The molecule has 0 aliphatic carbocycles. The van der Waals surface area contributed by atoms with Crippen molar-refractivity contribution in [2.45, 2.75) is 0 Å². The first-order valence-electron chi connectivity index (χ1n) is 45.7. The predicted octanol–water partition coefficient (Wildman–Crippen LogP) is 30.4. The van der Waals surface area contributed by atoms with Crippen molar-refractivity contribution in [2.24, 2.45) is 7.05 Å². The molecule has 0 fully saturated rings. The zero-order chi connectivity index (χ0) is 93.8. The number of para-hydroxylation sites is 2. The molecule has 0 atom stereocenters. The molecule has 0 spiro atoms. The first-order chi connectivity index (χ1) is 68.8. The molecule has 0 N–H and O–H groups in total. The standard InChI is InChI=1S/C22H17N2.2C21H15N2.2C21H14N2.C21H14NO.2Pt/c1-24-21(16-23-22(24)20-10-6-3-7-11-20)19-14-12-18(13-15-19)17-8-4-2-5-9-17;2*1-3-7-17(8-4-1)18-11-13-19(14-12-18)20-15-22-23(16-20)21-9-5-2-6-10-21;2*1-3-7-16(8-4-1)17-11-13-19(14-12-17)21-15-20(22-23-21)18-9-5-2-6-10-18;1-3-7-16(8-4-1)17-11-13-18(14-12-17)20-15-22-21(23-20)19-9-5-2-6-10-19;;/h2-10,12-16H,1H3;2*1-9,11-16H;3*1-9,11-15H;;/q3*-1;2*-2;-1;2*+4. The maximum atomic E-state index is 5.86. The maximum Gasteiger partial charge on any atom is 4.00 e. The summed E-state index contributed by atoms with van der Waals surface area (Å²) in [5, 5.41) is 26.0. The predicted molar refractivity (Wildman–Crippen MR) is 562 cm³/mol. The third-order valence-electron chi connectivity index (χ3n) is 23.3. The fraction of sp³-hybridized carbons (Fsp3) is 0.00787. The Morgan fingerprint density at radius 1 is 0.234 bits per heavy atom. The van der Waals surface area contributed by atoms with Crippen LogP contribution in [0.1, 0.15) is 0 Å². The molecule has 0 radical (unpaired) electrons. The number of aromatic nitrogens is 11. The molecule has 0 saturated carbocycles. The second-order valence-electron chi connectivity index (χ2n) is 32.4. The molecule has 678 valence electrons. The number of oxazole rings is 1. The summed E-state index contributed by atoms with van der Waals surface area (Å²) in [6.07, 6.45) is 11.5. The Morgan fingerprint density at radius 3 is 0.816 bits per heavy atom. The largest absolute Gasteiger partial charge is 4.00 e. The van der Waals surface area contributed by atoms with E-state index in [0.717, 1.165) is 118 Å². The fourth-order valence-electron chi connectivity index (χ4n) is 15.8. The van der Waals surface area contributed by atoms with Gasteiger partial charge in [-0.2, -0.15) is 69.9 Å². The van der Waals surface area contributed by atoms with Crippen molar-refractivity contribution in [3.8, 4) is 191 Å². The zero-order valence-electron chi connectivity index (χ0n) is 76.6. The van der Waals surface area contributed by atoms with E-state index in [9.17, 15) is 0 Å². The third-order valence-corrected chi connectivity index (χ3v) is 23.3. The third kappa shape index (κ3) is 24.7. The fourth-order valence-corrected chi connectivity index (χ4v) is 15.8. The van der Waals surface area contributed by atoms with E-state index in [4.69, 9.17) is 4.42 Å². The Morgan fingerprint density at radius 2 is 0.504 bits per heavy atom. The van der Waals surface area contributed by atoms with Crippen LogP contribution >= 0.6 is 0 Å². The first kappa shape index (κ1) is 95.3. The van der Waals surface area contributed by atoms with Crippen LogP contribution in [0, 0.1) is 36.4 Å². The average Bonchev–Trinajstić information content (AvgIpc) is 1.66. The Kier molecular flexibility index (Phi) is 32.4. The summed E-state index contributed by atoms with van der Waals surface area (Å²) < 4.78 is 11.7. The molecule has 0 unspecified atom stereocenters. The van der Waals surface area contributed by atoms with Gasteiger partial charge in [-0.1, -0.05) is 345 Å². The molecule has 0 aliphatic heterocycles. The van der Waals surface area contributed by atoms with Crippen LogP contribution < -0.4 is 10.2 Å². The Balaban J connectivity index is 0.000000116. The number of hydrogen-bond donors (Lipinski definition) is 0. The molecule has 0 bridgehead atoms. The van der Waals surface area contributed by atoms with Crippen molar-refractivity contribution >= 4 is 0 Å². The summed E-state index contributed by atoms with van der Waals surface area (Å²) in [7, 11) is 2.05. The Bertz CT molecular complexity index is 6950. The Hall–Kier alpha value is -17.4. The van der Waals surface area contributed by atoms with Crippen LogP contribution in [0.4, 0.5) is 0 Å². The summed E-state index contributed by atoms with van der Waals surface area (Å²) >= 11 is 0. The molecule has 12 nitrogen and oxygen atoms in total. The summed E-state index contributed by atoms with van der Waals surface area (Å²) in [5.74, 6) is 2.28. The van der Waals surface area contributed by atoms with Crippen LogP contribution in [0.15, 0.2) is 527 Å². The van der Waals surface area contributed by atoms with Crippen LogP contribution in [-0.2, 0) is 49.2 Å². The molecule has 14 heteroatoms. The van der Waals surface area contributed by atoms with E-state index in [2.05, 4.69) is 361 Å². The topological polar surface area (TPSA) is 133 Å².